The number of esters is 1. The highest BCUT2D eigenvalue weighted by molar-refractivity contribution is 5.82. The van der Waals surface area contributed by atoms with Gasteiger partial charge in [-0.1, -0.05) is 0 Å². The number of carbonyl (C=O) groups excluding carboxylic acids is 2. The molecule has 0 amide bonds. The van der Waals surface area contributed by atoms with Crippen molar-refractivity contribution in [3.8, 4) is 0 Å². The molecule has 0 spiro atoms. The van der Waals surface area contributed by atoms with Crippen LogP contribution in [0.4, 0.5) is 0 Å². The molecule has 1 N–H and O–H groups in total. The third-order valence-corrected chi connectivity index (χ3v) is 1.54. The number of hydrogen-bond donors (Lipinski definition) is 1. The maximum atomic E-state index is 11.1. The summed E-state index contributed by atoms with van der Waals surface area (Å²) in [6.45, 7) is 3.24. The van der Waals surface area contributed by atoms with Gasteiger partial charge in [0, 0.05) is 7.05 Å². The van der Waals surface area contributed by atoms with Gasteiger partial charge in [0.2, 0.25) is 0 Å². The molecule has 0 aliphatic rings. The Bertz CT molecular complexity index is 200. The normalized spacial score (nSPS) is 10.8. The van der Waals surface area contributed by atoms with Gasteiger partial charge < -0.3 is 9.57 Å². The summed E-state index contributed by atoms with van der Waals surface area (Å²) in [5.74, 6) is -0.918. The van der Waals surface area contributed by atoms with Crippen LogP contribution in [0.1, 0.15) is 20.3 Å². The quantitative estimate of drug-likeness (QED) is 0.507. The van der Waals surface area contributed by atoms with Crippen molar-refractivity contribution in [3.63, 3.8) is 0 Å². The van der Waals surface area contributed by atoms with Crippen LogP contribution in [0.5, 0.6) is 0 Å². The van der Waals surface area contributed by atoms with Crippen LogP contribution in [0.25, 0.3) is 0 Å². The minimum Gasteiger partial charge on any atom is -0.469 e. The van der Waals surface area contributed by atoms with Crippen molar-refractivity contribution in [1.82, 2.24) is 5.48 Å². The summed E-state index contributed by atoms with van der Waals surface area (Å²) >= 11 is 0. The van der Waals surface area contributed by atoms with Gasteiger partial charge in [-0.05, 0) is 13.8 Å². The second kappa shape index (κ2) is 4.81. The Morgan fingerprint density at radius 3 is 2.31 bits per heavy atom. The topological polar surface area (TPSA) is 64.6 Å². The fourth-order valence-electron chi connectivity index (χ4n) is 0.859. The smallest absolute Gasteiger partial charge is 0.325 e. The molecule has 0 heterocycles. The van der Waals surface area contributed by atoms with E-state index in [1.807, 2.05) is 0 Å². The highest BCUT2D eigenvalue weighted by Gasteiger charge is 2.32. The number of rotatable bonds is 4. The zero-order chi connectivity index (χ0) is 10.5. The Labute approximate surface area is 77.3 Å². The molecule has 13 heavy (non-hydrogen) atoms. The van der Waals surface area contributed by atoms with Gasteiger partial charge in [0.25, 0.3) is 0 Å². The first kappa shape index (κ1) is 11.9. The molecule has 0 aromatic carbocycles. The molecule has 0 aliphatic carbocycles. The molecular weight excluding hydrogens is 174 g/mol. The first-order chi connectivity index (χ1) is 5.94. The molecule has 0 rings (SSSR count). The Kier molecular flexibility index (Phi) is 4.40. The molecule has 0 saturated carbocycles. The fraction of sp³-hybridized carbons (Fsp3) is 0.750. The molecule has 76 valence electrons. The third kappa shape index (κ3) is 3.89. The van der Waals surface area contributed by atoms with Crippen LogP contribution in [-0.2, 0) is 19.2 Å². The number of hydroxylamine groups is 1. The summed E-state index contributed by atoms with van der Waals surface area (Å²) in [7, 11) is 2.76. The van der Waals surface area contributed by atoms with Crippen molar-refractivity contribution in [1.29, 1.82) is 0 Å². The van der Waals surface area contributed by atoms with E-state index in [0.29, 0.717) is 0 Å². The van der Waals surface area contributed by atoms with Crippen LogP contribution in [0.2, 0.25) is 0 Å². The predicted octanol–water partition coefficient (Wildman–Crippen LogP) is 0.253. The summed E-state index contributed by atoms with van der Waals surface area (Å²) in [4.78, 5) is 26.6. The molecule has 5 nitrogen and oxygen atoms in total. The van der Waals surface area contributed by atoms with Crippen molar-refractivity contribution in [2.75, 3.05) is 14.2 Å². The first-order valence-electron chi connectivity index (χ1n) is 3.89. The maximum absolute atomic E-state index is 11.1. The van der Waals surface area contributed by atoms with Crippen LogP contribution in [0, 0.1) is 5.41 Å². The van der Waals surface area contributed by atoms with E-state index < -0.39 is 17.4 Å². The molecule has 0 atom stereocenters. The van der Waals surface area contributed by atoms with Gasteiger partial charge in [0.1, 0.15) is 0 Å². The van der Waals surface area contributed by atoms with Crippen LogP contribution in [0.15, 0.2) is 0 Å². The summed E-state index contributed by atoms with van der Waals surface area (Å²) in [6.07, 6.45) is -0.0134. The second-order valence-corrected chi connectivity index (χ2v) is 3.23. The van der Waals surface area contributed by atoms with E-state index in [9.17, 15) is 9.59 Å². The van der Waals surface area contributed by atoms with Crippen LogP contribution in [-0.4, -0.2) is 26.1 Å². The van der Waals surface area contributed by atoms with Crippen molar-refractivity contribution in [2.45, 2.75) is 20.3 Å². The van der Waals surface area contributed by atoms with Gasteiger partial charge in [-0.2, -0.15) is 5.48 Å². The molecule has 0 aromatic rings. The number of nitrogens with one attached hydrogen (secondary N) is 1. The first-order valence-corrected chi connectivity index (χ1v) is 3.89. The molecule has 0 radical (unpaired) electrons. The van der Waals surface area contributed by atoms with E-state index in [1.165, 1.54) is 14.2 Å². The highest BCUT2D eigenvalue weighted by Crippen LogP contribution is 2.22. The van der Waals surface area contributed by atoms with Crippen LogP contribution >= 0.6 is 0 Å². The summed E-state index contributed by atoms with van der Waals surface area (Å²) in [6, 6.07) is 0. The average molecular weight is 189 g/mol. The van der Waals surface area contributed by atoms with E-state index >= 15 is 0 Å². The third-order valence-electron chi connectivity index (χ3n) is 1.54. The van der Waals surface area contributed by atoms with Gasteiger partial charge in [-0.25, -0.2) is 0 Å². The van der Waals surface area contributed by atoms with Gasteiger partial charge in [-0.15, -0.1) is 0 Å². The van der Waals surface area contributed by atoms with Gasteiger partial charge in [0.15, 0.2) is 0 Å². The molecule has 0 fully saturated rings. The van der Waals surface area contributed by atoms with E-state index in [-0.39, 0.29) is 6.42 Å². The van der Waals surface area contributed by atoms with E-state index in [2.05, 4.69) is 15.1 Å². The number of carbonyl (C=O) groups is 2. The SMILES string of the molecule is CNOC(=O)CC(C)(C)C(=O)OC. The average Bonchev–Trinajstić information content (AvgIpc) is 2.02. The lowest BCUT2D eigenvalue weighted by molar-refractivity contribution is -0.161. The Morgan fingerprint density at radius 1 is 1.38 bits per heavy atom. The largest absolute Gasteiger partial charge is 0.469 e. The second-order valence-electron chi connectivity index (χ2n) is 3.23. The van der Waals surface area contributed by atoms with Crippen molar-refractivity contribution >= 4 is 11.9 Å². The fourth-order valence-corrected chi connectivity index (χ4v) is 0.859. The van der Waals surface area contributed by atoms with E-state index in [1.54, 1.807) is 13.8 Å². The van der Waals surface area contributed by atoms with Gasteiger partial charge in [-0.3, -0.25) is 9.59 Å². The Hall–Kier alpha value is -1.10. The maximum Gasteiger partial charge on any atom is 0.325 e. The predicted molar refractivity (Wildman–Crippen MR) is 45.6 cm³/mol. The lowest BCUT2D eigenvalue weighted by Crippen LogP contribution is -2.30. The summed E-state index contributed by atoms with van der Waals surface area (Å²) < 4.78 is 4.53. The Morgan fingerprint density at radius 2 is 1.92 bits per heavy atom. The van der Waals surface area contributed by atoms with Gasteiger partial charge >= 0.3 is 11.9 Å². The molecule has 0 aliphatic heterocycles. The minimum atomic E-state index is -0.845. The zero-order valence-corrected chi connectivity index (χ0v) is 8.34. The van der Waals surface area contributed by atoms with Gasteiger partial charge in [0.05, 0.1) is 18.9 Å². The molecule has 0 saturated heterocycles. The van der Waals surface area contributed by atoms with E-state index in [0.717, 1.165) is 0 Å². The van der Waals surface area contributed by atoms with Crippen LogP contribution in [0.3, 0.4) is 0 Å². The van der Waals surface area contributed by atoms with Crippen molar-refractivity contribution in [2.24, 2.45) is 5.41 Å². The van der Waals surface area contributed by atoms with Crippen molar-refractivity contribution in [3.05, 3.63) is 0 Å². The lowest BCUT2D eigenvalue weighted by atomic mass is 9.90. The molecule has 5 heteroatoms. The number of hydrogen-bond acceptors (Lipinski definition) is 5. The summed E-state index contributed by atoms with van der Waals surface area (Å²) in [5, 5.41) is 0. The zero-order valence-electron chi connectivity index (χ0n) is 8.34. The lowest BCUT2D eigenvalue weighted by Gasteiger charge is -2.19. The number of methoxy groups -OCH3 is 1. The molecule has 0 unspecified atom stereocenters. The van der Waals surface area contributed by atoms with Crippen LogP contribution < -0.4 is 5.48 Å². The summed E-state index contributed by atoms with van der Waals surface area (Å²) in [5.41, 5.74) is 1.40. The molecule has 0 bridgehead atoms. The van der Waals surface area contributed by atoms with E-state index in [4.69, 9.17) is 0 Å². The highest BCUT2D eigenvalue weighted by atomic mass is 16.7. The standard InChI is InChI=1S/C8H15NO4/c1-8(2,7(11)12-4)5-6(10)13-9-3/h9H,5H2,1-4H3. The Balaban J connectivity index is 4.16. The van der Waals surface area contributed by atoms with Crippen molar-refractivity contribution < 1.29 is 19.2 Å². The minimum absolute atomic E-state index is 0.0134. The molecular formula is C8H15NO4. The number of ether oxygens (including phenoxy) is 1. The monoisotopic (exact) mass is 189 g/mol. The molecule has 0 aromatic heterocycles.